The second-order valence-electron chi connectivity index (χ2n) is 4.14. The van der Waals surface area contributed by atoms with Crippen LogP contribution in [0.2, 0.25) is 5.02 Å². The van der Waals surface area contributed by atoms with Crippen molar-refractivity contribution >= 4 is 40.2 Å². The minimum Gasteiger partial charge on any atom is -0.389 e. The van der Waals surface area contributed by atoms with Crippen LogP contribution in [-0.4, -0.2) is 4.99 Å². The Labute approximate surface area is 121 Å². The zero-order valence-electron chi connectivity index (χ0n) is 10.2. The van der Waals surface area contributed by atoms with Crippen molar-refractivity contribution in [3.8, 4) is 0 Å². The summed E-state index contributed by atoms with van der Waals surface area (Å²) < 4.78 is 13.3. The lowest BCUT2D eigenvalue weighted by Crippen LogP contribution is -2.12. The number of benzene rings is 2. The molecule has 0 aliphatic carbocycles. The van der Waals surface area contributed by atoms with E-state index < -0.39 is 0 Å². The molecule has 0 heterocycles. The standard InChI is InChI=1S/C14H12ClFN2S/c1-8-2-4-10(16)7-12(8)18-13-6-9(15)3-5-11(13)14(17)19/h2-7,18H,1H3,(H2,17,19). The molecule has 0 aromatic heterocycles. The van der Waals surface area contributed by atoms with Crippen molar-refractivity contribution in [1.82, 2.24) is 0 Å². The van der Waals surface area contributed by atoms with Crippen LogP contribution in [0.15, 0.2) is 36.4 Å². The molecule has 2 aromatic rings. The van der Waals surface area contributed by atoms with Crippen molar-refractivity contribution in [2.75, 3.05) is 5.32 Å². The lowest BCUT2D eigenvalue weighted by Gasteiger charge is -2.13. The minimum absolute atomic E-state index is 0.258. The molecule has 0 spiro atoms. The molecule has 0 aliphatic rings. The normalized spacial score (nSPS) is 10.3. The smallest absolute Gasteiger partial charge is 0.125 e. The van der Waals surface area contributed by atoms with E-state index in [0.29, 0.717) is 22.0 Å². The molecule has 2 rings (SSSR count). The zero-order valence-corrected chi connectivity index (χ0v) is 11.8. The van der Waals surface area contributed by atoms with E-state index >= 15 is 0 Å². The summed E-state index contributed by atoms with van der Waals surface area (Å²) in [5, 5.41) is 3.66. The van der Waals surface area contributed by atoms with E-state index in [9.17, 15) is 4.39 Å². The van der Waals surface area contributed by atoms with Crippen molar-refractivity contribution in [2.45, 2.75) is 6.92 Å². The van der Waals surface area contributed by atoms with E-state index in [1.54, 1.807) is 24.3 Å². The van der Waals surface area contributed by atoms with Crippen LogP contribution in [0.5, 0.6) is 0 Å². The number of anilines is 2. The third-order valence-electron chi connectivity index (χ3n) is 2.72. The van der Waals surface area contributed by atoms with Gasteiger partial charge in [-0.15, -0.1) is 0 Å². The molecule has 0 fully saturated rings. The van der Waals surface area contributed by atoms with Gasteiger partial charge < -0.3 is 11.1 Å². The average molecular weight is 295 g/mol. The van der Waals surface area contributed by atoms with E-state index in [-0.39, 0.29) is 10.8 Å². The Morgan fingerprint density at radius 1 is 1.21 bits per heavy atom. The van der Waals surface area contributed by atoms with Crippen LogP contribution >= 0.6 is 23.8 Å². The highest BCUT2D eigenvalue weighted by atomic mass is 35.5. The van der Waals surface area contributed by atoms with Crippen molar-refractivity contribution < 1.29 is 4.39 Å². The molecule has 0 saturated heterocycles. The summed E-state index contributed by atoms with van der Waals surface area (Å²) in [7, 11) is 0. The topological polar surface area (TPSA) is 38.0 Å². The maximum atomic E-state index is 13.3. The monoisotopic (exact) mass is 294 g/mol. The van der Waals surface area contributed by atoms with E-state index in [1.807, 2.05) is 6.92 Å². The van der Waals surface area contributed by atoms with Gasteiger partial charge in [-0.25, -0.2) is 4.39 Å². The highest BCUT2D eigenvalue weighted by Gasteiger charge is 2.08. The minimum atomic E-state index is -0.313. The van der Waals surface area contributed by atoms with Crippen LogP contribution in [0.4, 0.5) is 15.8 Å². The Kier molecular flexibility index (Phi) is 4.02. The van der Waals surface area contributed by atoms with Gasteiger partial charge in [0.15, 0.2) is 0 Å². The van der Waals surface area contributed by atoms with Gasteiger partial charge in [0.05, 0.1) is 5.69 Å². The first-order valence-corrected chi connectivity index (χ1v) is 6.38. The fraction of sp³-hybridized carbons (Fsp3) is 0.0714. The Morgan fingerprint density at radius 3 is 2.63 bits per heavy atom. The summed E-state index contributed by atoms with van der Waals surface area (Å²) >= 11 is 10.9. The lowest BCUT2D eigenvalue weighted by molar-refractivity contribution is 0.628. The van der Waals surface area contributed by atoms with Crippen LogP contribution in [0.1, 0.15) is 11.1 Å². The van der Waals surface area contributed by atoms with Gasteiger partial charge in [-0.3, -0.25) is 0 Å². The van der Waals surface area contributed by atoms with Crippen molar-refractivity contribution in [3.05, 3.63) is 58.4 Å². The number of rotatable bonds is 3. The van der Waals surface area contributed by atoms with Crippen LogP contribution < -0.4 is 11.1 Å². The summed E-state index contributed by atoms with van der Waals surface area (Å²) in [6.07, 6.45) is 0. The van der Waals surface area contributed by atoms with Crippen LogP contribution in [0.3, 0.4) is 0 Å². The van der Waals surface area contributed by atoms with Gasteiger partial charge in [-0.2, -0.15) is 0 Å². The van der Waals surface area contributed by atoms with Gasteiger partial charge in [0.2, 0.25) is 0 Å². The largest absolute Gasteiger partial charge is 0.389 e. The van der Waals surface area contributed by atoms with Crippen molar-refractivity contribution in [2.24, 2.45) is 5.73 Å². The number of thiocarbonyl (C=S) groups is 1. The number of nitrogens with two attached hydrogens (primary N) is 1. The second kappa shape index (κ2) is 5.55. The molecule has 19 heavy (non-hydrogen) atoms. The molecule has 0 radical (unpaired) electrons. The molecule has 2 nitrogen and oxygen atoms in total. The number of halogens is 2. The fourth-order valence-electron chi connectivity index (χ4n) is 1.71. The van der Waals surface area contributed by atoms with Crippen LogP contribution in [-0.2, 0) is 0 Å². The molecule has 0 bridgehead atoms. The maximum absolute atomic E-state index is 13.3. The third kappa shape index (κ3) is 3.22. The van der Waals surface area contributed by atoms with Crippen LogP contribution in [0.25, 0.3) is 0 Å². The van der Waals surface area contributed by atoms with Gasteiger partial charge in [0, 0.05) is 16.3 Å². The predicted molar refractivity (Wildman–Crippen MR) is 81.8 cm³/mol. The highest BCUT2D eigenvalue weighted by Crippen LogP contribution is 2.27. The van der Waals surface area contributed by atoms with Crippen LogP contribution in [0, 0.1) is 12.7 Å². The first-order valence-electron chi connectivity index (χ1n) is 5.60. The molecular weight excluding hydrogens is 283 g/mol. The van der Waals surface area contributed by atoms with Gasteiger partial charge in [0.25, 0.3) is 0 Å². The Morgan fingerprint density at radius 2 is 1.95 bits per heavy atom. The summed E-state index contributed by atoms with van der Waals surface area (Å²) in [6, 6.07) is 9.68. The number of hydrogen-bond donors (Lipinski definition) is 2. The number of hydrogen-bond acceptors (Lipinski definition) is 2. The summed E-state index contributed by atoms with van der Waals surface area (Å²) in [6.45, 7) is 1.88. The summed E-state index contributed by atoms with van der Waals surface area (Å²) in [5.74, 6) is -0.313. The molecule has 0 aliphatic heterocycles. The van der Waals surface area contributed by atoms with Crippen molar-refractivity contribution in [1.29, 1.82) is 0 Å². The van der Waals surface area contributed by atoms with E-state index in [2.05, 4.69) is 5.32 Å². The van der Waals surface area contributed by atoms with E-state index in [4.69, 9.17) is 29.6 Å². The zero-order chi connectivity index (χ0) is 14.0. The molecule has 3 N–H and O–H groups in total. The highest BCUT2D eigenvalue weighted by molar-refractivity contribution is 7.80. The second-order valence-corrected chi connectivity index (χ2v) is 5.01. The predicted octanol–water partition coefficient (Wildman–Crippen LogP) is 4.17. The average Bonchev–Trinajstić information content (AvgIpc) is 2.33. The van der Waals surface area contributed by atoms with E-state index in [0.717, 1.165) is 5.56 Å². The quantitative estimate of drug-likeness (QED) is 0.835. The molecule has 2 aromatic carbocycles. The molecule has 5 heteroatoms. The Hall–Kier alpha value is -1.65. The first-order chi connectivity index (χ1) is 8.97. The van der Waals surface area contributed by atoms with Gasteiger partial charge in [0.1, 0.15) is 10.8 Å². The molecule has 0 saturated carbocycles. The molecule has 0 atom stereocenters. The Bertz CT molecular complexity index is 643. The lowest BCUT2D eigenvalue weighted by atomic mass is 10.1. The van der Waals surface area contributed by atoms with Gasteiger partial charge in [-0.05, 0) is 42.8 Å². The third-order valence-corrected chi connectivity index (χ3v) is 3.17. The number of nitrogens with one attached hydrogen (secondary N) is 1. The fourth-order valence-corrected chi connectivity index (χ4v) is 2.06. The van der Waals surface area contributed by atoms with Crippen molar-refractivity contribution in [3.63, 3.8) is 0 Å². The molecule has 98 valence electrons. The first kappa shape index (κ1) is 13.8. The molecule has 0 unspecified atom stereocenters. The maximum Gasteiger partial charge on any atom is 0.125 e. The summed E-state index contributed by atoms with van der Waals surface area (Å²) in [5.41, 5.74) is 8.56. The number of aryl methyl sites for hydroxylation is 1. The van der Waals surface area contributed by atoms with E-state index in [1.165, 1.54) is 12.1 Å². The summed E-state index contributed by atoms with van der Waals surface area (Å²) in [4.78, 5) is 0.258. The van der Waals surface area contributed by atoms with Gasteiger partial charge >= 0.3 is 0 Å². The van der Waals surface area contributed by atoms with Gasteiger partial charge in [-0.1, -0.05) is 29.9 Å². The molecule has 0 amide bonds. The molecular formula is C14H12ClFN2S. The SMILES string of the molecule is Cc1ccc(F)cc1Nc1cc(Cl)ccc1C(N)=S. The Balaban J connectivity index is 2.45.